The molecular weight excluding hydrogens is 264 g/mol. The number of anilines is 1. The maximum Gasteiger partial charge on any atom is 0.258 e. The van der Waals surface area contributed by atoms with Crippen LogP contribution in [0.1, 0.15) is 22.8 Å². The summed E-state index contributed by atoms with van der Waals surface area (Å²) in [4.78, 5) is 13.9. The highest BCUT2D eigenvalue weighted by molar-refractivity contribution is 6.05. The predicted molar refractivity (Wildman–Crippen MR) is 81.5 cm³/mol. The fourth-order valence-corrected chi connectivity index (χ4v) is 1.93. The zero-order valence-electron chi connectivity index (χ0n) is 12.0. The Hall–Kier alpha value is -2.80. The molecule has 4 nitrogen and oxygen atoms in total. The summed E-state index contributed by atoms with van der Waals surface area (Å²) < 4.78 is 5.36. The molecule has 0 N–H and O–H groups in total. The zero-order chi connectivity index (χ0) is 15.2. The molecule has 0 radical (unpaired) electrons. The number of nitrogens with zero attached hydrogens (tertiary/aromatic N) is 2. The van der Waals surface area contributed by atoms with Crippen LogP contribution in [-0.4, -0.2) is 19.6 Å². The van der Waals surface area contributed by atoms with Crippen LogP contribution in [0.25, 0.3) is 0 Å². The molecule has 0 fully saturated rings. The van der Waals surface area contributed by atoms with Gasteiger partial charge in [-0.2, -0.15) is 5.26 Å². The van der Waals surface area contributed by atoms with Crippen molar-refractivity contribution < 1.29 is 9.53 Å². The number of ether oxygens (including phenoxy) is 1. The van der Waals surface area contributed by atoms with E-state index in [0.29, 0.717) is 17.7 Å². The highest BCUT2D eigenvalue weighted by Crippen LogP contribution is 2.18. The fraction of sp³-hybridized carbons (Fsp3) is 0.176. The number of rotatable bonds is 4. The van der Waals surface area contributed by atoms with Gasteiger partial charge in [-0.15, -0.1) is 0 Å². The maximum atomic E-state index is 12.4. The Morgan fingerprint density at radius 3 is 2.29 bits per heavy atom. The third kappa shape index (κ3) is 3.40. The Bertz CT molecular complexity index is 655. The molecule has 106 valence electrons. The lowest BCUT2D eigenvalue weighted by Crippen LogP contribution is -2.26. The topological polar surface area (TPSA) is 53.3 Å². The summed E-state index contributed by atoms with van der Waals surface area (Å²) in [6.45, 7) is 2.51. The Balaban J connectivity index is 2.16. The standard InChI is InChI=1S/C17H16N2O2/c1-3-21-16-10-6-14(7-11-16)17(20)19(2)15-8-4-13(12-18)5-9-15/h4-11H,3H2,1-2H3. The van der Waals surface area contributed by atoms with Crippen molar-refractivity contribution in [3.63, 3.8) is 0 Å². The molecule has 2 aromatic rings. The van der Waals surface area contributed by atoms with E-state index in [0.717, 1.165) is 11.4 Å². The number of carbonyl (C=O) groups excluding carboxylic acids is 1. The van der Waals surface area contributed by atoms with E-state index in [1.807, 2.05) is 6.92 Å². The van der Waals surface area contributed by atoms with Crippen LogP contribution in [0, 0.1) is 11.3 Å². The van der Waals surface area contributed by atoms with Gasteiger partial charge in [0.1, 0.15) is 5.75 Å². The van der Waals surface area contributed by atoms with Crippen molar-refractivity contribution in [2.75, 3.05) is 18.6 Å². The minimum atomic E-state index is -0.109. The second-order valence-corrected chi connectivity index (χ2v) is 4.48. The molecule has 0 atom stereocenters. The summed E-state index contributed by atoms with van der Waals surface area (Å²) in [6, 6.07) is 16.0. The number of hydrogen-bond donors (Lipinski definition) is 0. The summed E-state index contributed by atoms with van der Waals surface area (Å²) in [5, 5.41) is 8.78. The van der Waals surface area contributed by atoms with Crippen molar-refractivity contribution in [1.82, 2.24) is 0 Å². The molecule has 0 aromatic heterocycles. The second-order valence-electron chi connectivity index (χ2n) is 4.48. The van der Waals surface area contributed by atoms with Gasteiger partial charge in [0.15, 0.2) is 0 Å². The first-order valence-corrected chi connectivity index (χ1v) is 6.66. The van der Waals surface area contributed by atoms with Crippen LogP contribution in [-0.2, 0) is 0 Å². The van der Waals surface area contributed by atoms with Crippen molar-refractivity contribution in [2.24, 2.45) is 0 Å². The van der Waals surface area contributed by atoms with Gasteiger partial charge in [0.05, 0.1) is 18.2 Å². The van der Waals surface area contributed by atoms with Crippen molar-refractivity contribution in [2.45, 2.75) is 6.92 Å². The van der Waals surface area contributed by atoms with E-state index in [-0.39, 0.29) is 5.91 Å². The van der Waals surface area contributed by atoms with E-state index < -0.39 is 0 Å². The van der Waals surface area contributed by atoms with Gasteiger partial charge in [-0.25, -0.2) is 0 Å². The lowest BCUT2D eigenvalue weighted by Gasteiger charge is -2.17. The first-order valence-electron chi connectivity index (χ1n) is 6.66. The quantitative estimate of drug-likeness (QED) is 0.864. The van der Waals surface area contributed by atoms with Gasteiger partial charge in [-0.3, -0.25) is 4.79 Å². The molecule has 0 unspecified atom stereocenters. The zero-order valence-corrected chi connectivity index (χ0v) is 12.0. The molecule has 0 spiro atoms. The third-order valence-corrected chi connectivity index (χ3v) is 3.10. The van der Waals surface area contributed by atoms with E-state index in [1.165, 1.54) is 0 Å². The van der Waals surface area contributed by atoms with Crippen molar-refractivity contribution in [3.05, 3.63) is 59.7 Å². The van der Waals surface area contributed by atoms with Crippen LogP contribution < -0.4 is 9.64 Å². The first-order chi connectivity index (χ1) is 10.2. The third-order valence-electron chi connectivity index (χ3n) is 3.10. The Morgan fingerprint density at radius 2 is 1.76 bits per heavy atom. The molecule has 1 amide bonds. The lowest BCUT2D eigenvalue weighted by molar-refractivity contribution is 0.0993. The van der Waals surface area contributed by atoms with Gasteiger partial charge in [-0.05, 0) is 55.5 Å². The highest BCUT2D eigenvalue weighted by Gasteiger charge is 2.13. The summed E-state index contributed by atoms with van der Waals surface area (Å²) in [5.74, 6) is 0.637. The fourth-order valence-electron chi connectivity index (χ4n) is 1.93. The Kier molecular flexibility index (Phi) is 4.57. The molecule has 0 saturated carbocycles. The lowest BCUT2D eigenvalue weighted by atomic mass is 10.1. The molecule has 2 rings (SSSR count). The van der Waals surface area contributed by atoms with Gasteiger partial charge in [0.25, 0.3) is 5.91 Å². The number of amides is 1. The Morgan fingerprint density at radius 1 is 1.14 bits per heavy atom. The van der Waals surface area contributed by atoms with Gasteiger partial charge in [0.2, 0.25) is 0 Å². The van der Waals surface area contributed by atoms with Gasteiger partial charge in [0, 0.05) is 18.3 Å². The summed E-state index contributed by atoms with van der Waals surface area (Å²) in [7, 11) is 1.71. The number of hydrogen-bond acceptors (Lipinski definition) is 3. The number of benzene rings is 2. The van der Waals surface area contributed by atoms with Crippen LogP contribution >= 0.6 is 0 Å². The summed E-state index contributed by atoms with van der Waals surface area (Å²) in [5.41, 5.74) is 1.90. The molecule has 0 heterocycles. The molecule has 0 aliphatic carbocycles. The smallest absolute Gasteiger partial charge is 0.258 e. The molecule has 0 saturated heterocycles. The average molecular weight is 280 g/mol. The van der Waals surface area contributed by atoms with E-state index in [9.17, 15) is 4.79 Å². The molecule has 2 aromatic carbocycles. The minimum absolute atomic E-state index is 0.109. The molecule has 0 aliphatic rings. The van der Waals surface area contributed by atoms with Crippen LogP contribution in [0.4, 0.5) is 5.69 Å². The summed E-state index contributed by atoms with van der Waals surface area (Å²) in [6.07, 6.45) is 0. The molecule has 21 heavy (non-hydrogen) atoms. The van der Waals surface area contributed by atoms with Crippen molar-refractivity contribution in [1.29, 1.82) is 5.26 Å². The highest BCUT2D eigenvalue weighted by atomic mass is 16.5. The number of nitriles is 1. The molecular formula is C17H16N2O2. The van der Waals surface area contributed by atoms with Crippen molar-refractivity contribution in [3.8, 4) is 11.8 Å². The molecule has 0 aliphatic heterocycles. The monoisotopic (exact) mass is 280 g/mol. The maximum absolute atomic E-state index is 12.4. The second kappa shape index (κ2) is 6.58. The van der Waals surface area contributed by atoms with Gasteiger partial charge >= 0.3 is 0 Å². The van der Waals surface area contributed by atoms with Crippen LogP contribution in [0.3, 0.4) is 0 Å². The number of carbonyl (C=O) groups is 1. The largest absolute Gasteiger partial charge is 0.494 e. The first kappa shape index (κ1) is 14.6. The van der Waals surface area contributed by atoms with E-state index in [2.05, 4.69) is 6.07 Å². The normalized spacial score (nSPS) is 9.76. The predicted octanol–water partition coefficient (Wildman–Crippen LogP) is 3.23. The van der Waals surface area contributed by atoms with Crippen molar-refractivity contribution >= 4 is 11.6 Å². The average Bonchev–Trinajstić information content (AvgIpc) is 2.54. The van der Waals surface area contributed by atoms with Crippen LogP contribution in [0.5, 0.6) is 5.75 Å². The molecule has 0 bridgehead atoms. The van der Waals surface area contributed by atoms with E-state index in [1.54, 1.807) is 60.5 Å². The van der Waals surface area contributed by atoms with Crippen LogP contribution in [0.2, 0.25) is 0 Å². The Labute approximate surface area is 124 Å². The minimum Gasteiger partial charge on any atom is -0.494 e. The SMILES string of the molecule is CCOc1ccc(C(=O)N(C)c2ccc(C#N)cc2)cc1. The van der Waals surface area contributed by atoms with E-state index >= 15 is 0 Å². The van der Waals surface area contributed by atoms with Gasteiger partial charge < -0.3 is 9.64 Å². The van der Waals surface area contributed by atoms with E-state index in [4.69, 9.17) is 10.00 Å². The summed E-state index contributed by atoms with van der Waals surface area (Å²) >= 11 is 0. The van der Waals surface area contributed by atoms with Crippen LogP contribution in [0.15, 0.2) is 48.5 Å². The van der Waals surface area contributed by atoms with Gasteiger partial charge in [-0.1, -0.05) is 0 Å². The molecule has 4 heteroatoms.